The van der Waals surface area contributed by atoms with Gasteiger partial charge in [-0.05, 0) is 26.7 Å². The molecule has 0 saturated carbocycles. The van der Waals surface area contributed by atoms with E-state index in [1.807, 2.05) is 13.8 Å². The van der Waals surface area contributed by atoms with Crippen LogP contribution in [0.15, 0.2) is 0 Å². The number of hydrogen-bond donors (Lipinski definition) is 1. The molecule has 1 aliphatic rings. The molecule has 0 aromatic carbocycles. The number of aromatic nitrogens is 1. The molecule has 0 spiro atoms. The summed E-state index contributed by atoms with van der Waals surface area (Å²) in [7, 11) is 0. The number of hydrogen-bond acceptors (Lipinski definition) is 4. The first-order valence-corrected chi connectivity index (χ1v) is 6.30. The zero-order valence-corrected chi connectivity index (χ0v) is 10.4. The third kappa shape index (κ3) is 2.59. The van der Waals surface area contributed by atoms with Crippen LogP contribution < -0.4 is 5.32 Å². The molecule has 1 amide bonds. The van der Waals surface area contributed by atoms with E-state index in [1.54, 1.807) is 11.3 Å². The van der Waals surface area contributed by atoms with Crippen LogP contribution in [0.2, 0.25) is 0 Å². The Morgan fingerprint density at radius 3 is 3.00 bits per heavy atom. The average molecular weight is 240 g/mol. The molecule has 1 unspecified atom stereocenters. The van der Waals surface area contributed by atoms with Crippen LogP contribution in [0.3, 0.4) is 0 Å². The average Bonchev–Trinajstić information content (AvgIpc) is 2.86. The van der Waals surface area contributed by atoms with Crippen LogP contribution in [0.5, 0.6) is 0 Å². The number of amides is 1. The normalized spacial score (nSPS) is 20.0. The number of carbonyl (C=O) groups excluding carboxylic acids is 1. The topological polar surface area (TPSA) is 51.2 Å². The summed E-state index contributed by atoms with van der Waals surface area (Å²) >= 11 is 1.63. The summed E-state index contributed by atoms with van der Waals surface area (Å²) in [6.45, 7) is 5.24. The summed E-state index contributed by atoms with van der Waals surface area (Å²) in [5.74, 6) is -0.0111. The van der Waals surface area contributed by atoms with Crippen LogP contribution in [-0.2, 0) is 16.1 Å². The number of nitrogens with zero attached hydrogens (tertiary/aromatic N) is 1. The van der Waals surface area contributed by atoms with Gasteiger partial charge in [0.1, 0.15) is 11.1 Å². The Labute approximate surface area is 99.0 Å². The fourth-order valence-corrected chi connectivity index (χ4v) is 2.55. The van der Waals surface area contributed by atoms with Crippen LogP contribution in [-0.4, -0.2) is 23.6 Å². The third-order valence-corrected chi connectivity index (χ3v) is 3.78. The summed E-state index contributed by atoms with van der Waals surface area (Å²) in [5.41, 5.74) is 1.05. The molecule has 16 heavy (non-hydrogen) atoms. The quantitative estimate of drug-likeness (QED) is 0.872. The van der Waals surface area contributed by atoms with Crippen molar-refractivity contribution in [3.8, 4) is 0 Å². The maximum absolute atomic E-state index is 11.7. The van der Waals surface area contributed by atoms with E-state index < -0.39 is 0 Å². The Kier molecular flexibility index (Phi) is 3.56. The van der Waals surface area contributed by atoms with Crippen molar-refractivity contribution in [1.29, 1.82) is 0 Å². The highest BCUT2D eigenvalue weighted by Crippen LogP contribution is 2.16. The van der Waals surface area contributed by atoms with Gasteiger partial charge in [0.25, 0.3) is 0 Å². The number of ether oxygens (including phenoxy) is 1. The minimum absolute atomic E-state index is 0.0111. The second-order valence-electron chi connectivity index (χ2n) is 3.97. The highest BCUT2D eigenvalue weighted by atomic mass is 32.1. The molecule has 1 N–H and O–H groups in total. The number of thiazole rings is 1. The summed E-state index contributed by atoms with van der Waals surface area (Å²) in [6, 6.07) is 0. The zero-order chi connectivity index (χ0) is 11.5. The van der Waals surface area contributed by atoms with Gasteiger partial charge in [-0.25, -0.2) is 4.98 Å². The molecule has 88 valence electrons. The lowest BCUT2D eigenvalue weighted by atomic mass is 10.2. The predicted octanol–water partition coefficient (Wildman–Crippen LogP) is 1.56. The zero-order valence-electron chi connectivity index (χ0n) is 9.58. The van der Waals surface area contributed by atoms with Crippen LogP contribution >= 0.6 is 11.3 Å². The van der Waals surface area contributed by atoms with Crippen molar-refractivity contribution in [1.82, 2.24) is 10.3 Å². The Balaban J connectivity index is 1.84. The maximum Gasteiger partial charge on any atom is 0.249 e. The summed E-state index contributed by atoms with van der Waals surface area (Å²) in [5, 5.41) is 3.82. The summed E-state index contributed by atoms with van der Waals surface area (Å²) in [4.78, 5) is 17.2. The fourth-order valence-electron chi connectivity index (χ4n) is 1.68. The Morgan fingerprint density at radius 2 is 2.44 bits per heavy atom. The lowest BCUT2D eigenvalue weighted by Crippen LogP contribution is -2.33. The van der Waals surface area contributed by atoms with E-state index in [1.165, 1.54) is 4.88 Å². The van der Waals surface area contributed by atoms with Crippen molar-refractivity contribution >= 4 is 17.2 Å². The second-order valence-corrected chi connectivity index (χ2v) is 5.26. The van der Waals surface area contributed by atoms with Crippen LogP contribution in [0.1, 0.15) is 28.4 Å². The largest absolute Gasteiger partial charge is 0.368 e. The third-order valence-electron chi connectivity index (χ3n) is 2.71. The number of aryl methyl sites for hydroxylation is 2. The van der Waals surface area contributed by atoms with Gasteiger partial charge in [0, 0.05) is 11.5 Å². The minimum atomic E-state index is -0.248. The molecule has 0 radical (unpaired) electrons. The van der Waals surface area contributed by atoms with E-state index in [9.17, 15) is 4.79 Å². The Morgan fingerprint density at radius 1 is 1.62 bits per heavy atom. The Bertz CT molecular complexity index is 364. The SMILES string of the molecule is Cc1nc(CNC(=O)C2CCCO2)sc1C. The molecule has 0 bridgehead atoms. The molecule has 1 aliphatic heterocycles. The van der Waals surface area contributed by atoms with Gasteiger partial charge in [0.05, 0.1) is 12.2 Å². The van der Waals surface area contributed by atoms with Crippen molar-refractivity contribution in [2.75, 3.05) is 6.61 Å². The van der Waals surface area contributed by atoms with Crippen molar-refractivity contribution < 1.29 is 9.53 Å². The van der Waals surface area contributed by atoms with Crippen molar-refractivity contribution in [2.24, 2.45) is 0 Å². The molecular weight excluding hydrogens is 224 g/mol. The molecule has 1 fully saturated rings. The van der Waals surface area contributed by atoms with Gasteiger partial charge in [-0.1, -0.05) is 0 Å². The van der Waals surface area contributed by atoms with Gasteiger partial charge >= 0.3 is 0 Å². The molecule has 4 nitrogen and oxygen atoms in total. The van der Waals surface area contributed by atoms with Crippen LogP contribution in [0.25, 0.3) is 0 Å². The van der Waals surface area contributed by atoms with Crippen LogP contribution in [0, 0.1) is 13.8 Å². The van der Waals surface area contributed by atoms with E-state index in [0.29, 0.717) is 13.2 Å². The minimum Gasteiger partial charge on any atom is -0.368 e. The van der Waals surface area contributed by atoms with Gasteiger partial charge in [-0.2, -0.15) is 0 Å². The van der Waals surface area contributed by atoms with E-state index in [-0.39, 0.29) is 12.0 Å². The van der Waals surface area contributed by atoms with Gasteiger partial charge in [0.15, 0.2) is 0 Å². The van der Waals surface area contributed by atoms with Crippen molar-refractivity contribution in [3.63, 3.8) is 0 Å². The summed E-state index contributed by atoms with van der Waals surface area (Å²) in [6.07, 6.45) is 1.57. The fraction of sp³-hybridized carbons (Fsp3) is 0.636. The molecule has 1 atom stereocenters. The lowest BCUT2D eigenvalue weighted by Gasteiger charge is -2.08. The molecule has 5 heteroatoms. The lowest BCUT2D eigenvalue weighted by molar-refractivity contribution is -0.130. The first-order chi connectivity index (χ1) is 7.66. The number of nitrogens with one attached hydrogen (secondary N) is 1. The highest BCUT2D eigenvalue weighted by molar-refractivity contribution is 7.11. The highest BCUT2D eigenvalue weighted by Gasteiger charge is 2.23. The summed E-state index contributed by atoms with van der Waals surface area (Å²) < 4.78 is 5.30. The van der Waals surface area contributed by atoms with E-state index in [0.717, 1.165) is 23.5 Å². The maximum atomic E-state index is 11.7. The van der Waals surface area contributed by atoms with E-state index in [4.69, 9.17) is 4.74 Å². The Hall–Kier alpha value is -0.940. The van der Waals surface area contributed by atoms with E-state index >= 15 is 0 Å². The predicted molar refractivity (Wildman–Crippen MR) is 62.4 cm³/mol. The molecule has 2 rings (SSSR count). The molecule has 2 heterocycles. The molecule has 1 aromatic heterocycles. The second kappa shape index (κ2) is 4.93. The van der Waals surface area contributed by atoms with Gasteiger partial charge in [-0.15, -0.1) is 11.3 Å². The smallest absolute Gasteiger partial charge is 0.249 e. The first-order valence-electron chi connectivity index (χ1n) is 5.49. The molecule has 1 aromatic rings. The van der Waals surface area contributed by atoms with Gasteiger partial charge < -0.3 is 10.1 Å². The standard InChI is InChI=1S/C11H16N2O2S/c1-7-8(2)16-10(13-7)6-12-11(14)9-4-3-5-15-9/h9H,3-6H2,1-2H3,(H,12,14). The molecule has 1 saturated heterocycles. The van der Waals surface area contributed by atoms with Crippen molar-refractivity contribution in [3.05, 3.63) is 15.6 Å². The monoisotopic (exact) mass is 240 g/mol. The molecule has 0 aliphatic carbocycles. The first kappa shape index (κ1) is 11.5. The van der Waals surface area contributed by atoms with Gasteiger partial charge in [-0.3, -0.25) is 4.79 Å². The van der Waals surface area contributed by atoms with E-state index in [2.05, 4.69) is 10.3 Å². The number of rotatable bonds is 3. The molecular formula is C11H16N2O2S. The van der Waals surface area contributed by atoms with Gasteiger partial charge in [0.2, 0.25) is 5.91 Å². The number of carbonyl (C=O) groups is 1. The van der Waals surface area contributed by atoms with Crippen LogP contribution in [0.4, 0.5) is 0 Å². The van der Waals surface area contributed by atoms with Crippen molar-refractivity contribution in [2.45, 2.75) is 39.3 Å².